The highest BCUT2D eigenvalue weighted by Crippen LogP contribution is 2.38. The van der Waals surface area contributed by atoms with E-state index in [0.717, 1.165) is 5.01 Å². The Balaban J connectivity index is 1.93. The summed E-state index contributed by atoms with van der Waals surface area (Å²) in [6.45, 7) is 2.62. The van der Waals surface area contributed by atoms with Crippen LogP contribution in [0.1, 0.15) is 10.6 Å². The van der Waals surface area contributed by atoms with Gasteiger partial charge in [0, 0.05) is 16.3 Å². The van der Waals surface area contributed by atoms with Crippen molar-refractivity contribution in [1.82, 2.24) is 4.98 Å². The largest absolute Gasteiger partial charge is 0.325 e. The van der Waals surface area contributed by atoms with Crippen molar-refractivity contribution in [2.45, 2.75) is 27.5 Å². The summed E-state index contributed by atoms with van der Waals surface area (Å²) in [4.78, 5) is 6.85. The van der Waals surface area contributed by atoms with Crippen molar-refractivity contribution in [2.75, 3.05) is 6.26 Å². The summed E-state index contributed by atoms with van der Waals surface area (Å²) in [5.74, 6) is 0. The monoisotopic (exact) mass is 358 g/mol. The normalized spacial score (nSPS) is 10.9. The van der Waals surface area contributed by atoms with Crippen LogP contribution >= 0.6 is 34.9 Å². The average molecular weight is 359 g/mol. The van der Waals surface area contributed by atoms with Crippen molar-refractivity contribution < 1.29 is 0 Å². The van der Waals surface area contributed by atoms with Crippen LogP contribution in [0, 0.1) is 6.92 Å². The molecule has 1 heterocycles. The van der Waals surface area contributed by atoms with E-state index in [1.807, 2.05) is 6.20 Å². The van der Waals surface area contributed by atoms with Gasteiger partial charge in [-0.3, -0.25) is 0 Å². The molecule has 2 nitrogen and oxygen atoms in total. The van der Waals surface area contributed by atoms with E-state index in [1.165, 1.54) is 30.7 Å². The quantitative estimate of drug-likeness (QED) is 0.616. The standard InChI is InChI=1S/C18H18N2S3/c1-12-3-5-13(6-4-12)15-9-14(7-8-16(15)21-2)22-18-11-20-17(10-19)23-18/h3-9,11H,10,19H2,1-2H3. The molecule has 2 aromatic carbocycles. The predicted octanol–water partition coefficient (Wildman–Crippen LogP) is 5.45. The number of aromatic nitrogens is 1. The van der Waals surface area contributed by atoms with Crippen LogP contribution in [0.25, 0.3) is 11.1 Å². The summed E-state index contributed by atoms with van der Waals surface area (Å²) in [6.07, 6.45) is 4.03. The first-order valence-corrected chi connectivity index (χ1v) is 10.1. The van der Waals surface area contributed by atoms with E-state index in [2.05, 4.69) is 60.6 Å². The first-order valence-electron chi connectivity index (χ1n) is 7.27. The van der Waals surface area contributed by atoms with Crippen LogP contribution < -0.4 is 5.73 Å². The van der Waals surface area contributed by atoms with Crippen LogP contribution in [0.5, 0.6) is 0 Å². The summed E-state index contributed by atoms with van der Waals surface area (Å²) in [6, 6.07) is 15.4. The molecule has 3 rings (SSSR count). The van der Waals surface area contributed by atoms with Gasteiger partial charge in [0.25, 0.3) is 0 Å². The summed E-state index contributed by atoms with van der Waals surface area (Å²) < 4.78 is 1.18. The number of benzene rings is 2. The first kappa shape index (κ1) is 16.6. The molecule has 0 saturated carbocycles. The van der Waals surface area contributed by atoms with Crippen LogP contribution in [0.4, 0.5) is 0 Å². The highest BCUT2D eigenvalue weighted by atomic mass is 32.2. The zero-order chi connectivity index (χ0) is 16.2. The predicted molar refractivity (Wildman–Crippen MR) is 103 cm³/mol. The topological polar surface area (TPSA) is 38.9 Å². The van der Waals surface area contributed by atoms with Gasteiger partial charge in [0.2, 0.25) is 0 Å². The van der Waals surface area contributed by atoms with Gasteiger partial charge in [-0.2, -0.15) is 0 Å². The maximum Gasteiger partial charge on any atom is 0.107 e. The summed E-state index contributed by atoms with van der Waals surface area (Å²) in [7, 11) is 0. The van der Waals surface area contributed by atoms with E-state index in [1.54, 1.807) is 34.9 Å². The fourth-order valence-electron chi connectivity index (χ4n) is 2.26. The molecule has 0 spiro atoms. The molecule has 2 N–H and O–H groups in total. The minimum absolute atomic E-state index is 0.505. The minimum atomic E-state index is 0.505. The maximum absolute atomic E-state index is 5.64. The molecule has 0 fully saturated rings. The van der Waals surface area contributed by atoms with E-state index in [0.29, 0.717) is 6.54 Å². The van der Waals surface area contributed by atoms with E-state index in [-0.39, 0.29) is 0 Å². The lowest BCUT2D eigenvalue weighted by molar-refractivity contribution is 1.04. The molecule has 0 radical (unpaired) electrons. The Morgan fingerprint density at radius 2 is 1.91 bits per heavy atom. The number of thiazole rings is 1. The summed E-state index contributed by atoms with van der Waals surface area (Å²) >= 11 is 5.19. The van der Waals surface area contributed by atoms with Crippen molar-refractivity contribution in [3.05, 3.63) is 59.2 Å². The van der Waals surface area contributed by atoms with Crippen LogP contribution in [-0.2, 0) is 6.54 Å². The molecule has 0 aliphatic rings. The Bertz CT molecular complexity index is 794. The Hall–Kier alpha value is -1.27. The first-order chi connectivity index (χ1) is 11.2. The van der Waals surface area contributed by atoms with Crippen LogP contribution in [0.3, 0.4) is 0 Å². The molecule has 0 atom stereocenters. The van der Waals surface area contributed by atoms with Gasteiger partial charge in [0.15, 0.2) is 0 Å². The van der Waals surface area contributed by atoms with Gasteiger partial charge in [-0.15, -0.1) is 23.1 Å². The lowest BCUT2D eigenvalue weighted by atomic mass is 10.0. The van der Waals surface area contributed by atoms with Crippen LogP contribution in [-0.4, -0.2) is 11.2 Å². The Morgan fingerprint density at radius 3 is 2.57 bits per heavy atom. The lowest BCUT2D eigenvalue weighted by Crippen LogP contribution is -1.93. The molecule has 0 aliphatic heterocycles. The van der Waals surface area contributed by atoms with Gasteiger partial charge < -0.3 is 5.73 Å². The van der Waals surface area contributed by atoms with Crippen molar-refractivity contribution in [3.63, 3.8) is 0 Å². The zero-order valence-electron chi connectivity index (χ0n) is 13.1. The number of nitrogens with zero attached hydrogens (tertiary/aromatic N) is 1. The van der Waals surface area contributed by atoms with Gasteiger partial charge in [0.05, 0.1) is 10.4 Å². The van der Waals surface area contributed by atoms with E-state index >= 15 is 0 Å². The number of hydrogen-bond acceptors (Lipinski definition) is 5. The van der Waals surface area contributed by atoms with Crippen LogP contribution in [0.15, 0.2) is 62.7 Å². The van der Waals surface area contributed by atoms with Gasteiger partial charge >= 0.3 is 0 Å². The molecule has 3 aromatic rings. The Labute approximate surface area is 149 Å². The summed E-state index contributed by atoms with van der Waals surface area (Å²) in [5, 5.41) is 0.979. The average Bonchev–Trinajstić information content (AvgIpc) is 3.03. The molecule has 118 valence electrons. The molecule has 0 saturated heterocycles. The molecule has 0 amide bonds. The number of hydrogen-bond donors (Lipinski definition) is 1. The number of rotatable bonds is 5. The van der Waals surface area contributed by atoms with Crippen molar-refractivity contribution in [3.8, 4) is 11.1 Å². The number of nitrogens with two attached hydrogens (primary N) is 1. The van der Waals surface area contributed by atoms with Crippen molar-refractivity contribution in [1.29, 1.82) is 0 Å². The highest BCUT2D eigenvalue weighted by Gasteiger charge is 2.08. The lowest BCUT2D eigenvalue weighted by Gasteiger charge is -2.10. The van der Waals surface area contributed by atoms with Gasteiger partial charge in [-0.05, 0) is 42.5 Å². The Morgan fingerprint density at radius 1 is 1.13 bits per heavy atom. The zero-order valence-corrected chi connectivity index (χ0v) is 15.5. The third-order valence-electron chi connectivity index (χ3n) is 3.46. The molecule has 0 bridgehead atoms. The smallest absolute Gasteiger partial charge is 0.107 e. The van der Waals surface area contributed by atoms with E-state index in [9.17, 15) is 0 Å². The van der Waals surface area contributed by atoms with Gasteiger partial charge in [-0.25, -0.2) is 4.98 Å². The highest BCUT2D eigenvalue weighted by molar-refractivity contribution is 8.01. The summed E-state index contributed by atoms with van der Waals surface area (Å²) in [5.41, 5.74) is 9.47. The van der Waals surface area contributed by atoms with Crippen molar-refractivity contribution >= 4 is 34.9 Å². The molecular weight excluding hydrogens is 340 g/mol. The molecule has 0 aliphatic carbocycles. The number of aryl methyl sites for hydroxylation is 1. The van der Waals surface area contributed by atoms with Gasteiger partial charge in [0.1, 0.15) is 5.01 Å². The third kappa shape index (κ3) is 3.98. The minimum Gasteiger partial charge on any atom is -0.325 e. The van der Waals surface area contributed by atoms with Gasteiger partial charge in [-0.1, -0.05) is 41.6 Å². The second-order valence-corrected chi connectivity index (χ2v) is 8.44. The Kier molecular flexibility index (Phi) is 5.43. The van der Waals surface area contributed by atoms with Crippen LogP contribution in [0.2, 0.25) is 0 Å². The number of thioether (sulfide) groups is 1. The molecule has 0 unspecified atom stereocenters. The fraction of sp³-hybridized carbons (Fsp3) is 0.167. The molecular formula is C18H18N2S3. The molecule has 1 aromatic heterocycles. The van der Waals surface area contributed by atoms with Crippen molar-refractivity contribution in [2.24, 2.45) is 5.73 Å². The molecule has 23 heavy (non-hydrogen) atoms. The maximum atomic E-state index is 5.64. The fourth-order valence-corrected chi connectivity index (χ4v) is 4.78. The third-order valence-corrected chi connectivity index (χ3v) is 6.37. The molecule has 5 heteroatoms. The van der Waals surface area contributed by atoms with E-state index < -0.39 is 0 Å². The SMILES string of the molecule is CSc1ccc(Sc2cnc(CN)s2)cc1-c1ccc(C)cc1. The second kappa shape index (κ2) is 7.53. The van der Waals surface area contributed by atoms with E-state index in [4.69, 9.17) is 5.73 Å². The second-order valence-electron chi connectivity index (χ2n) is 5.11.